The molecule has 2 heterocycles. The molecule has 1 aromatic rings. The van der Waals surface area contributed by atoms with Crippen molar-refractivity contribution in [3.05, 3.63) is 23.3 Å². The number of carbonyl (C=O) groups excluding carboxylic acids is 1. The highest BCUT2D eigenvalue weighted by Crippen LogP contribution is 2.48. The zero-order chi connectivity index (χ0) is 13.1. The molecule has 2 aliphatic heterocycles. The molecule has 3 nitrogen and oxygen atoms in total. The summed E-state index contributed by atoms with van der Waals surface area (Å²) < 4.78 is 38.2. The number of hydrogen-bond donors (Lipinski definition) is 2. The van der Waals surface area contributed by atoms with Crippen LogP contribution in [0.2, 0.25) is 0 Å². The van der Waals surface area contributed by atoms with E-state index in [-0.39, 0.29) is 11.6 Å². The van der Waals surface area contributed by atoms with Crippen molar-refractivity contribution in [2.45, 2.75) is 24.9 Å². The van der Waals surface area contributed by atoms with Gasteiger partial charge in [0.25, 0.3) is 0 Å². The van der Waals surface area contributed by atoms with Crippen molar-refractivity contribution >= 4 is 17.3 Å². The van der Waals surface area contributed by atoms with Gasteiger partial charge in [0.1, 0.15) is 0 Å². The molecule has 0 spiro atoms. The number of carbonyl (C=O) groups is 1. The molecule has 1 aromatic carbocycles. The van der Waals surface area contributed by atoms with Gasteiger partial charge in [-0.05, 0) is 12.1 Å². The van der Waals surface area contributed by atoms with Gasteiger partial charge in [-0.25, -0.2) is 0 Å². The maximum Gasteiger partial charge on any atom is 0.416 e. The maximum atomic E-state index is 12.7. The first-order valence-corrected chi connectivity index (χ1v) is 5.59. The van der Waals surface area contributed by atoms with Crippen LogP contribution < -0.4 is 10.6 Å². The van der Waals surface area contributed by atoms with E-state index in [1.807, 2.05) is 6.92 Å². The van der Waals surface area contributed by atoms with E-state index in [0.717, 1.165) is 17.7 Å². The number of alkyl halides is 3. The van der Waals surface area contributed by atoms with Gasteiger partial charge in [0.05, 0.1) is 5.56 Å². The monoisotopic (exact) mass is 256 g/mol. The van der Waals surface area contributed by atoms with E-state index in [4.69, 9.17) is 0 Å². The van der Waals surface area contributed by atoms with Crippen LogP contribution in [-0.2, 0) is 16.4 Å². The van der Waals surface area contributed by atoms with Crippen molar-refractivity contribution in [3.63, 3.8) is 0 Å². The fourth-order valence-electron chi connectivity index (χ4n) is 2.77. The number of nitrogens with one attached hydrogen (secondary N) is 2. The molecule has 18 heavy (non-hydrogen) atoms. The highest BCUT2D eigenvalue weighted by molar-refractivity contribution is 5.98. The number of rotatable bonds is 0. The van der Waals surface area contributed by atoms with Crippen LogP contribution in [0.25, 0.3) is 0 Å². The van der Waals surface area contributed by atoms with Crippen molar-refractivity contribution in [1.29, 1.82) is 0 Å². The average molecular weight is 256 g/mol. The quantitative estimate of drug-likeness (QED) is 0.749. The second-order valence-corrected chi connectivity index (χ2v) is 5.08. The molecule has 0 saturated carbocycles. The van der Waals surface area contributed by atoms with Gasteiger partial charge in [0.2, 0.25) is 5.91 Å². The van der Waals surface area contributed by atoms with Crippen molar-refractivity contribution < 1.29 is 18.0 Å². The summed E-state index contributed by atoms with van der Waals surface area (Å²) in [6.45, 7) is 2.38. The van der Waals surface area contributed by atoms with Crippen LogP contribution in [-0.4, -0.2) is 12.5 Å². The summed E-state index contributed by atoms with van der Waals surface area (Å²) in [4.78, 5) is 11.6. The fraction of sp³-hybridized carbons (Fsp3) is 0.417. The van der Waals surface area contributed by atoms with Gasteiger partial charge in [0, 0.05) is 35.3 Å². The third-order valence-corrected chi connectivity index (χ3v) is 3.56. The molecule has 0 aromatic heterocycles. The number of amides is 1. The first-order chi connectivity index (χ1) is 8.29. The molecular formula is C12H11F3N2O. The van der Waals surface area contributed by atoms with E-state index in [2.05, 4.69) is 10.6 Å². The Balaban J connectivity index is 2.22. The molecule has 6 heteroatoms. The molecule has 3 rings (SSSR count). The van der Waals surface area contributed by atoms with Crippen LogP contribution in [0.5, 0.6) is 0 Å². The van der Waals surface area contributed by atoms with Gasteiger partial charge < -0.3 is 10.6 Å². The highest BCUT2D eigenvalue weighted by atomic mass is 19.4. The third kappa shape index (κ3) is 1.48. The maximum absolute atomic E-state index is 12.7. The van der Waals surface area contributed by atoms with E-state index >= 15 is 0 Å². The van der Waals surface area contributed by atoms with Gasteiger partial charge in [0.15, 0.2) is 0 Å². The van der Waals surface area contributed by atoms with E-state index in [0.29, 0.717) is 18.7 Å². The topological polar surface area (TPSA) is 41.1 Å². The molecule has 1 unspecified atom stereocenters. The Morgan fingerprint density at radius 2 is 1.94 bits per heavy atom. The minimum Gasteiger partial charge on any atom is -0.384 e. The van der Waals surface area contributed by atoms with Crippen LogP contribution in [0.15, 0.2) is 12.1 Å². The van der Waals surface area contributed by atoms with Gasteiger partial charge in [-0.15, -0.1) is 0 Å². The van der Waals surface area contributed by atoms with Gasteiger partial charge in [-0.2, -0.15) is 13.2 Å². The number of anilines is 2. The lowest BCUT2D eigenvalue weighted by Crippen LogP contribution is -2.35. The summed E-state index contributed by atoms with van der Waals surface area (Å²) in [5, 5.41) is 5.49. The number of hydrogen-bond acceptors (Lipinski definition) is 2. The molecule has 2 N–H and O–H groups in total. The first-order valence-electron chi connectivity index (χ1n) is 5.59. The largest absolute Gasteiger partial charge is 0.416 e. The van der Waals surface area contributed by atoms with Crippen molar-refractivity contribution in [2.24, 2.45) is 0 Å². The van der Waals surface area contributed by atoms with Crippen LogP contribution in [0.3, 0.4) is 0 Å². The Hall–Kier alpha value is -1.72. The molecule has 0 saturated heterocycles. The predicted octanol–water partition coefficient (Wildman–Crippen LogP) is 2.73. The average Bonchev–Trinajstić information content (AvgIpc) is 2.55. The zero-order valence-corrected chi connectivity index (χ0v) is 9.61. The Morgan fingerprint density at radius 3 is 2.61 bits per heavy atom. The van der Waals surface area contributed by atoms with Crippen LogP contribution in [0, 0.1) is 0 Å². The lowest BCUT2D eigenvalue weighted by molar-refractivity contribution is -0.137. The van der Waals surface area contributed by atoms with E-state index in [9.17, 15) is 18.0 Å². The predicted molar refractivity (Wildman–Crippen MR) is 60.5 cm³/mol. The van der Waals surface area contributed by atoms with E-state index < -0.39 is 17.2 Å². The van der Waals surface area contributed by atoms with E-state index in [1.165, 1.54) is 0 Å². The molecule has 0 bridgehead atoms. The minimum atomic E-state index is -4.41. The van der Waals surface area contributed by atoms with Crippen molar-refractivity contribution in [3.8, 4) is 0 Å². The van der Waals surface area contributed by atoms with Crippen molar-refractivity contribution in [2.75, 3.05) is 17.2 Å². The smallest absolute Gasteiger partial charge is 0.384 e. The highest BCUT2D eigenvalue weighted by Gasteiger charge is 2.44. The SMILES string of the molecule is CC12CNc3cc(C(F)(F)F)cc(c31)NC(=O)C2. The standard InChI is InChI=1S/C12H11F3N2O/c1-11-4-9(18)17-8-3-6(12(13,14)15)2-7(10(8)11)16-5-11/h2-3,16H,4-5H2,1H3,(H,17,18). The molecule has 2 aliphatic rings. The van der Waals surface area contributed by atoms with Crippen LogP contribution in [0.4, 0.5) is 24.5 Å². The minimum absolute atomic E-state index is 0.237. The number of halogens is 3. The summed E-state index contributed by atoms with van der Waals surface area (Å²) in [5.41, 5.74) is 0.396. The molecular weight excluding hydrogens is 245 g/mol. The first kappa shape index (κ1) is 11.4. The molecule has 0 fully saturated rings. The van der Waals surface area contributed by atoms with Crippen LogP contribution in [0.1, 0.15) is 24.5 Å². The molecule has 0 aliphatic carbocycles. The van der Waals surface area contributed by atoms with E-state index in [1.54, 1.807) is 0 Å². The second-order valence-electron chi connectivity index (χ2n) is 5.08. The Morgan fingerprint density at radius 1 is 1.28 bits per heavy atom. The Bertz CT molecular complexity index is 553. The lowest BCUT2D eigenvalue weighted by atomic mass is 9.77. The molecule has 96 valence electrons. The summed E-state index contributed by atoms with van der Waals surface area (Å²) in [6, 6.07) is 2.13. The third-order valence-electron chi connectivity index (χ3n) is 3.56. The number of benzene rings is 1. The molecule has 1 amide bonds. The molecule has 1 atom stereocenters. The molecule has 0 radical (unpaired) electrons. The van der Waals surface area contributed by atoms with Gasteiger partial charge in [-0.3, -0.25) is 4.79 Å². The summed E-state index contributed by atoms with van der Waals surface area (Å²) in [7, 11) is 0. The van der Waals surface area contributed by atoms with Crippen molar-refractivity contribution in [1.82, 2.24) is 0 Å². The Kier molecular flexibility index (Phi) is 2.01. The summed E-state index contributed by atoms with van der Waals surface area (Å²) >= 11 is 0. The Labute approximate surface area is 101 Å². The zero-order valence-electron chi connectivity index (χ0n) is 9.61. The fourth-order valence-corrected chi connectivity index (χ4v) is 2.77. The van der Waals surface area contributed by atoms with Gasteiger partial charge in [-0.1, -0.05) is 6.92 Å². The van der Waals surface area contributed by atoms with Crippen LogP contribution >= 0.6 is 0 Å². The summed E-state index contributed by atoms with van der Waals surface area (Å²) in [6.07, 6.45) is -4.11. The second kappa shape index (κ2) is 3.18. The van der Waals surface area contributed by atoms with Gasteiger partial charge >= 0.3 is 6.18 Å². The normalized spacial score (nSPS) is 25.4. The lowest BCUT2D eigenvalue weighted by Gasteiger charge is -2.30. The summed E-state index contributed by atoms with van der Waals surface area (Å²) in [5.74, 6) is -0.237.